The minimum atomic E-state index is -0.204. The van der Waals surface area contributed by atoms with Crippen LogP contribution in [0.3, 0.4) is 0 Å². The molecule has 0 saturated carbocycles. The van der Waals surface area contributed by atoms with Gasteiger partial charge in [-0.1, -0.05) is 94.5 Å². The van der Waals surface area contributed by atoms with E-state index in [9.17, 15) is 0 Å². The highest BCUT2D eigenvalue weighted by atomic mass is 16.3. The Hall–Kier alpha value is -6.08. The Balaban J connectivity index is 1.31. The monoisotopic (exact) mass is 649 g/mol. The zero-order valence-corrected chi connectivity index (χ0v) is 28.7. The van der Waals surface area contributed by atoms with Gasteiger partial charge in [0.2, 0.25) is 0 Å². The van der Waals surface area contributed by atoms with E-state index < -0.39 is 0 Å². The molecule has 0 fully saturated rings. The molecule has 0 radical (unpaired) electrons. The second-order valence-corrected chi connectivity index (χ2v) is 13.1. The molecule has 0 bridgehead atoms. The van der Waals surface area contributed by atoms with Crippen molar-refractivity contribution in [1.82, 2.24) is 24.5 Å². The van der Waals surface area contributed by atoms with Crippen molar-refractivity contribution in [1.29, 1.82) is 0 Å². The normalized spacial score (nSPS) is 14.1. The highest BCUT2D eigenvalue weighted by molar-refractivity contribution is 6.40. The molecule has 1 aliphatic rings. The molecule has 0 saturated heterocycles. The molecule has 0 amide bonds. The van der Waals surface area contributed by atoms with Crippen LogP contribution in [0, 0.1) is 0 Å². The van der Waals surface area contributed by atoms with Crippen molar-refractivity contribution >= 4 is 51.3 Å². The summed E-state index contributed by atoms with van der Waals surface area (Å²) in [4.78, 5) is 19.2. The summed E-state index contributed by atoms with van der Waals surface area (Å²) >= 11 is 0. The summed E-state index contributed by atoms with van der Waals surface area (Å²) in [6, 6.07) is 26.1. The average Bonchev–Trinajstić information content (AvgIpc) is 3.81. The highest BCUT2D eigenvalue weighted by Crippen LogP contribution is 2.52. The van der Waals surface area contributed by atoms with Crippen LogP contribution in [0.2, 0.25) is 6.82 Å². The van der Waals surface area contributed by atoms with Crippen molar-refractivity contribution in [2.45, 2.75) is 33.0 Å². The van der Waals surface area contributed by atoms with Crippen molar-refractivity contribution in [3.63, 3.8) is 0 Å². The van der Waals surface area contributed by atoms with Gasteiger partial charge in [0.25, 0.3) is 0 Å². The smallest absolute Gasteiger partial charge is 0.182 e. The van der Waals surface area contributed by atoms with Crippen LogP contribution < -0.4 is 0 Å². The van der Waals surface area contributed by atoms with Crippen molar-refractivity contribution in [2.75, 3.05) is 0 Å². The van der Waals surface area contributed by atoms with Gasteiger partial charge in [-0.3, -0.25) is 0 Å². The van der Waals surface area contributed by atoms with Crippen molar-refractivity contribution < 1.29 is 4.42 Å². The Morgan fingerprint density at radius 1 is 0.860 bits per heavy atom. The topological polar surface area (TPSA) is 69.6 Å². The third-order valence-corrected chi connectivity index (χ3v) is 9.82. The van der Waals surface area contributed by atoms with Gasteiger partial charge in [0.1, 0.15) is 12.8 Å². The predicted molar refractivity (Wildman–Crippen MR) is 209 cm³/mol. The molecule has 0 N–H and O–H groups in total. The van der Waals surface area contributed by atoms with Crippen LogP contribution in [0.5, 0.6) is 0 Å². The molecule has 0 atom stereocenters. The van der Waals surface area contributed by atoms with Gasteiger partial charge >= 0.3 is 0 Å². The fraction of sp³-hybridized carbons (Fsp3) is 0.116. The van der Waals surface area contributed by atoms with Gasteiger partial charge in [0.15, 0.2) is 29.4 Å². The summed E-state index contributed by atoms with van der Waals surface area (Å²) in [6.45, 7) is 16.6. The molecular weight excluding hydrogens is 613 g/mol. The van der Waals surface area contributed by atoms with Gasteiger partial charge in [0.05, 0.1) is 11.0 Å². The van der Waals surface area contributed by atoms with E-state index in [0.29, 0.717) is 17.5 Å². The molecule has 7 aromatic rings. The van der Waals surface area contributed by atoms with Crippen LogP contribution in [0.4, 0.5) is 0 Å². The Morgan fingerprint density at radius 3 is 2.44 bits per heavy atom. The van der Waals surface area contributed by atoms with Gasteiger partial charge < -0.3 is 8.98 Å². The molecule has 1 aliphatic carbocycles. The van der Waals surface area contributed by atoms with Gasteiger partial charge in [0, 0.05) is 44.1 Å². The average molecular weight is 650 g/mol. The first kappa shape index (κ1) is 31.2. The van der Waals surface area contributed by atoms with E-state index in [2.05, 4.69) is 128 Å². The Labute approximate surface area is 292 Å². The molecule has 242 valence electrons. The number of benzene rings is 4. The van der Waals surface area contributed by atoms with E-state index in [4.69, 9.17) is 19.4 Å². The molecular formula is C43H36BN5O. The minimum absolute atomic E-state index is 0.204. The summed E-state index contributed by atoms with van der Waals surface area (Å²) in [7, 11) is 0.914. The summed E-state index contributed by atoms with van der Waals surface area (Å²) in [5.74, 6) is 3.87. The number of rotatable bonds is 8. The van der Waals surface area contributed by atoms with E-state index in [-0.39, 0.29) is 5.41 Å². The maximum atomic E-state index is 5.91. The van der Waals surface area contributed by atoms with Crippen LogP contribution >= 0.6 is 0 Å². The quantitative estimate of drug-likeness (QED) is 0.121. The second-order valence-electron chi connectivity index (χ2n) is 13.1. The number of nitrogens with zero attached hydrogens (tertiary/aromatic N) is 5. The molecule has 0 spiro atoms. The predicted octanol–water partition coefficient (Wildman–Crippen LogP) is 10.2. The first-order valence-corrected chi connectivity index (χ1v) is 17.0. The number of allylic oxidation sites excluding steroid dienone is 7. The van der Waals surface area contributed by atoms with Crippen LogP contribution in [0.1, 0.15) is 43.5 Å². The maximum absolute atomic E-state index is 5.91. The number of fused-ring (bicyclic) bond motifs is 8. The number of oxazole rings is 1. The number of aromatic nitrogens is 5. The summed E-state index contributed by atoms with van der Waals surface area (Å²) in [5.41, 5.74) is 12.3. The zero-order chi connectivity index (χ0) is 34.6. The van der Waals surface area contributed by atoms with Crippen LogP contribution in [0.25, 0.3) is 72.3 Å². The van der Waals surface area contributed by atoms with Crippen molar-refractivity contribution in [2.24, 2.45) is 0 Å². The van der Waals surface area contributed by atoms with Gasteiger partial charge in [-0.05, 0) is 66.1 Å². The second kappa shape index (κ2) is 12.1. The van der Waals surface area contributed by atoms with Gasteiger partial charge in [-0.2, -0.15) is 0 Å². The first-order chi connectivity index (χ1) is 24.4. The van der Waals surface area contributed by atoms with E-state index >= 15 is 0 Å². The molecule has 0 unspecified atom stereocenters. The van der Waals surface area contributed by atoms with E-state index in [1.54, 1.807) is 12.2 Å². The summed E-state index contributed by atoms with van der Waals surface area (Å²) in [5, 5.41) is 2.28. The lowest BCUT2D eigenvalue weighted by Crippen LogP contribution is -2.15. The third kappa shape index (κ3) is 4.80. The fourth-order valence-corrected chi connectivity index (χ4v) is 7.33. The SMILES string of the molecule is C=C/C=C(\C=C)c1nc(C(/C=C\BC)=C/C)nc(-c2ccc3c(c2)c2ccccc2n3-c2ccc3c(c2)C(C)(C)c2ccc4ncoc4c2-3)n1. The molecule has 0 aliphatic heterocycles. The Morgan fingerprint density at radius 2 is 1.66 bits per heavy atom. The molecule has 8 rings (SSSR count). The van der Waals surface area contributed by atoms with Gasteiger partial charge in [-0.15, -0.1) is 5.98 Å². The molecule has 6 nitrogen and oxygen atoms in total. The first-order valence-electron chi connectivity index (χ1n) is 17.0. The molecule has 4 aromatic carbocycles. The van der Waals surface area contributed by atoms with Crippen molar-refractivity contribution in [3.05, 3.63) is 151 Å². The maximum Gasteiger partial charge on any atom is 0.182 e. The van der Waals surface area contributed by atoms with E-state index in [1.165, 1.54) is 23.1 Å². The lowest BCUT2D eigenvalue weighted by molar-refractivity contribution is 0.601. The minimum Gasteiger partial charge on any atom is -0.443 e. The molecule has 50 heavy (non-hydrogen) atoms. The highest BCUT2D eigenvalue weighted by Gasteiger charge is 2.38. The lowest BCUT2D eigenvalue weighted by Gasteiger charge is -2.22. The third-order valence-electron chi connectivity index (χ3n) is 9.82. The summed E-state index contributed by atoms with van der Waals surface area (Å²) in [6.07, 6.45) is 11.0. The largest absolute Gasteiger partial charge is 0.443 e. The van der Waals surface area contributed by atoms with Crippen LogP contribution in [-0.4, -0.2) is 31.8 Å². The number of hydrogen-bond acceptors (Lipinski definition) is 5. The molecule has 3 aromatic heterocycles. The lowest BCUT2D eigenvalue weighted by atomic mass is 9.82. The van der Waals surface area contributed by atoms with E-state index in [1.807, 2.05) is 19.1 Å². The van der Waals surface area contributed by atoms with Crippen LogP contribution in [-0.2, 0) is 5.41 Å². The van der Waals surface area contributed by atoms with Crippen molar-refractivity contribution in [3.8, 4) is 28.2 Å². The number of hydrogen-bond donors (Lipinski definition) is 0. The fourth-order valence-electron chi connectivity index (χ4n) is 7.33. The Kier molecular flexibility index (Phi) is 7.56. The van der Waals surface area contributed by atoms with Gasteiger partial charge in [-0.25, -0.2) is 19.9 Å². The molecule has 3 heterocycles. The molecule has 7 heteroatoms. The standard InChI is InChI=1S/C43H36BN5O/c1-7-12-26(8-2)40-46-41(27(9-3)21-22-44-6)48-42(47-40)28-15-20-37-32(23-28)30-13-10-11-14-36(30)49(37)29-16-17-31-34(24-29)43(4,5)33-18-19-35-39(38(31)33)50-25-45-35/h7-25,44H,1-2H2,3-6H3/b22-21-,26-12+,27-9+. The summed E-state index contributed by atoms with van der Waals surface area (Å²) < 4.78 is 8.27. The Bertz CT molecular complexity index is 2620. The van der Waals surface area contributed by atoms with E-state index in [0.717, 1.165) is 68.1 Å². The zero-order valence-electron chi connectivity index (χ0n) is 28.7. The number of para-hydroxylation sites is 1. The van der Waals surface area contributed by atoms with Crippen LogP contribution in [0.15, 0.2) is 133 Å².